The third-order valence-corrected chi connectivity index (χ3v) is 10.2. The monoisotopic (exact) mass is 820 g/mol. The van der Waals surface area contributed by atoms with Crippen molar-refractivity contribution in [1.82, 2.24) is 19.6 Å². The molecule has 0 aromatic heterocycles. The Bertz CT molecular complexity index is 2220. The molecule has 0 bridgehead atoms. The van der Waals surface area contributed by atoms with Gasteiger partial charge in [-0.15, -0.1) is 0 Å². The maximum atomic E-state index is 13.0. The lowest BCUT2D eigenvalue weighted by Crippen LogP contribution is -2.50. The van der Waals surface area contributed by atoms with Gasteiger partial charge < -0.3 is 14.7 Å². The number of hydrogen-bond donors (Lipinski definition) is 0. The zero-order valence-electron chi connectivity index (χ0n) is 32.0. The summed E-state index contributed by atoms with van der Waals surface area (Å²) in [7, 11) is 0. The maximum absolute atomic E-state index is 13.0. The molecule has 3 amide bonds. The normalized spacial score (nSPS) is 14.6. The SMILES string of the molecule is O=C(C#Cc1ccc(Cl)cc1)N1CCN(C(=O)c2ccc(F)cc2)CC1.O=C(C=Cc1ccc(C(F)(F)F)cc1)N1CCN(C(c2ccccc2)c2ccccc2)CC1. The predicted octanol–water partition coefficient (Wildman–Crippen LogP) is 8.47. The van der Waals surface area contributed by atoms with Crippen molar-refractivity contribution < 1.29 is 31.9 Å². The van der Waals surface area contributed by atoms with Gasteiger partial charge >= 0.3 is 6.18 Å². The summed E-state index contributed by atoms with van der Waals surface area (Å²) in [5.41, 5.74) is 3.44. The van der Waals surface area contributed by atoms with E-state index in [4.69, 9.17) is 11.6 Å². The zero-order chi connectivity index (χ0) is 41.8. The molecule has 0 atom stereocenters. The van der Waals surface area contributed by atoms with Crippen molar-refractivity contribution in [3.8, 4) is 11.8 Å². The number of benzene rings is 5. The Kier molecular flexibility index (Phi) is 14.3. The fourth-order valence-electron chi connectivity index (χ4n) is 6.77. The van der Waals surface area contributed by atoms with Crippen LogP contribution in [0, 0.1) is 17.7 Å². The highest BCUT2D eigenvalue weighted by Gasteiger charge is 2.30. The Balaban J connectivity index is 0.000000204. The minimum Gasteiger partial charge on any atom is -0.337 e. The van der Waals surface area contributed by atoms with Gasteiger partial charge in [-0.3, -0.25) is 19.3 Å². The van der Waals surface area contributed by atoms with Gasteiger partial charge in [0.05, 0.1) is 11.6 Å². The first-order chi connectivity index (χ1) is 28.4. The summed E-state index contributed by atoms with van der Waals surface area (Å²) in [6, 6.07) is 38.0. The Morgan fingerprint density at radius 2 is 1.15 bits per heavy atom. The molecule has 5 aromatic rings. The first-order valence-electron chi connectivity index (χ1n) is 19.0. The molecule has 7 nitrogen and oxygen atoms in total. The molecular formula is C47H41ClF4N4O3. The molecule has 12 heteroatoms. The van der Waals surface area contributed by atoms with Gasteiger partial charge in [-0.2, -0.15) is 13.2 Å². The quantitative estimate of drug-likeness (QED) is 0.0981. The number of carbonyl (C=O) groups is 3. The maximum Gasteiger partial charge on any atom is 0.416 e. The Hall–Kier alpha value is -6.22. The number of piperazine rings is 2. The lowest BCUT2D eigenvalue weighted by Gasteiger charge is -2.39. The van der Waals surface area contributed by atoms with Crippen LogP contribution in [0.25, 0.3) is 6.08 Å². The van der Waals surface area contributed by atoms with E-state index in [1.54, 1.807) is 45.0 Å². The molecule has 7 rings (SSSR count). The molecule has 0 saturated carbocycles. The van der Waals surface area contributed by atoms with Gasteiger partial charge in [-0.25, -0.2) is 4.39 Å². The van der Waals surface area contributed by atoms with E-state index in [1.165, 1.54) is 53.6 Å². The average Bonchev–Trinajstić information content (AvgIpc) is 3.26. The average molecular weight is 821 g/mol. The van der Waals surface area contributed by atoms with Crippen molar-refractivity contribution in [3.05, 3.63) is 184 Å². The molecule has 0 spiro atoms. The van der Waals surface area contributed by atoms with Crippen LogP contribution in [-0.4, -0.2) is 89.7 Å². The van der Waals surface area contributed by atoms with Crippen molar-refractivity contribution in [2.45, 2.75) is 12.2 Å². The zero-order valence-corrected chi connectivity index (χ0v) is 32.7. The lowest BCUT2D eigenvalue weighted by atomic mass is 9.96. The molecule has 5 aromatic carbocycles. The first-order valence-corrected chi connectivity index (χ1v) is 19.4. The van der Waals surface area contributed by atoms with E-state index in [2.05, 4.69) is 41.0 Å². The molecule has 2 saturated heterocycles. The predicted molar refractivity (Wildman–Crippen MR) is 221 cm³/mol. The number of nitrogens with zero attached hydrogens (tertiary/aromatic N) is 4. The van der Waals surface area contributed by atoms with Crippen LogP contribution < -0.4 is 0 Å². The van der Waals surface area contributed by atoms with Crippen LogP contribution >= 0.6 is 11.6 Å². The second kappa shape index (κ2) is 20.0. The standard InChI is InChI=1S/C27H25F3N2O.C20H16ClFN2O2/c28-27(29,30)24-14-11-21(12-15-24)13-16-25(33)31-17-19-32(20-18-31)26(22-7-3-1-4-8-22)23-9-5-2-6-10-23;21-17-6-1-15(2-7-17)3-10-19(25)23-11-13-24(14-12-23)20(26)16-4-8-18(22)9-5-16/h1-16,26H,17-20H2;1-2,4-9H,11-14H2. The molecule has 2 aliphatic heterocycles. The van der Waals surface area contributed by atoms with E-state index in [0.29, 0.717) is 61.0 Å². The number of carbonyl (C=O) groups excluding carboxylic acids is 3. The van der Waals surface area contributed by atoms with Crippen LogP contribution in [0.2, 0.25) is 5.02 Å². The minimum absolute atomic E-state index is 0.118. The molecule has 2 heterocycles. The van der Waals surface area contributed by atoms with Crippen LogP contribution in [0.1, 0.15) is 44.2 Å². The summed E-state index contributed by atoms with van der Waals surface area (Å²) in [6.07, 6.45) is -1.37. The fourth-order valence-corrected chi connectivity index (χ4v) is 6.89. The molecule has 0 unspecified atom stereocenters. The highest BCUT2D eigenvalue weighted by Crippen LogP contribution is 2.30. The van der Waals surface area contributed by atoms with Crippen molar-refractivity contribution in [3.63, 3.8) is 0 Å². The summed E-state index contributed by atoms with van der Waals surface area (Å²) < 4.78 is 51.1. The first kappa shape index (κ1) is 42.4. The molecule has 0 radical (unpaired) electrons. The minimum atomic E-state index is -4.37. The second-order valence-electron chi connectivity index (χ2n) is 13.9. The van der Waals surface area contributed by atoms with Crippen LogP contribution in [0.4, 0.5) is 17.6 Å². The molecule has 0 aliphatic carbocycles. The van der Waals surface area contributed by atoms with Crippen molar-refractivity contribution in [2.75, 3.05) is 52.4 Å². The topological polar surface area (TPSA) is 64.2 Å². The highest BCUT2D eigenvalue weighted by atomic mass is 35.5. The van der Waals surface area contributed by atoms with Crippen LogP contribution in [-0.2, 0) is 15.8 Å². The van der Waals surface area contributed by atoms with Gasteiger partial charge in [0.25, 0.3) is 11.8 Å². The number of amides is 3. The van der Waals surface area contributed by atoms with Crippen molar-refractivity contribution >= 4 is 35.4 Å². The van der Waals surface area contributed by atoms with E-state index in [9.17, 15) is 31.9 Å². The molecule has 2 aliphatic rings. The van der Waals surface area contributed by atoms with E-state index in [0.717, 1.165) is 25.2 Å². The third-order valence-electron chi connectivity index (χ3n) is 9.98. The highest BCUT2D eigenvalue weighted by molar-refractivity contribution is 6.30. The Morgan fingerprint density at radius 3 is 1.69 bits per heavy atom. The Morgan fingerprint density at radius 1 is 0.627 bits per heavy atom. The Labute approximate surface area is 346 Å². The molecule has 302 valence electrons. The van der Waals surface area contributed by atoms with Gasteiger partial charge in [0.2, 0.25) is 5.91 Å². The van der Waals surface area contributed by atoms with Crippen molar-refractivity contribution in [2.24, 2.45) is 0 Å². The smallest absolute Gasteiger partial charge is 0.337 e. The molecule has 2 fully saturated rings. The van der Waals surface area contributed by atoms with E-state index in [-0.39, 0.29) is 29.6 Å². The number of hydrogen-bond acceptors (Lipinski definition) is 4. The van der Waals surface area contributed by atoms with Gasteiger partial charge in [0.15, 0.2) is 0 Å². The lowest BCUT2D eigenvalue weighted by molar-refractivity contribution is -0.137. The summed E-state index contributed by atoms with van der Waals surface area (Å²) in [4.78, 5) is 44.7. The molecule has 59 heavy (non-hydrogen) atoms. The van der Waals surface area contributed by atoms with E-state index < -0.39 is 11.7 Å². The summed E-state index contributed by atoms with van der Waals surface area (Å²) in [5.74, 6) is 4.49. The van der Waals surface area contributed by atoms with Crippen LogP contribution in [0.3, 0.4) is 0 Å². The van der Waals surface area contributed by atoms with Crippen LogP contribution in [0.15, 0.2) is 140 Å². The second-order valence-corrected chi connectivity index (χ2v) is 14.3. The molecule has 0 N–H and O–H groups in total. The largest absolute Gasteiger partial charge is 0.416 e. The van der Waals surface area contributed by atoms with Gasteiger partial charge in [0, 0.05) is 80.5 Å². The van der Waals surface area contributed by atoms with Crippen molar-refractivity contribution in [1.29, 1.82) is 0 Å². The number of rotatable bonds is 6. The number of alkyl halides is 3. The van der Waals surface area contributed by atoms with Gasteiger partial charge in [-0.1, -0.05) is 90.3 Å². The number of halogens is 5. The van der Waals surface area contributed by atoms with Gasteiger partial charge in [0.1, 0.15) is 5.82 Å². The van der Waals surface area contributed by atoms with E-state index >= 15 is 0 Å². The fraction of sp³-hybridized carbons (Fsp3) is 0.213. The summed E-state index contributed by atoms with van der Waals surface area (Å²) in [5, 5.41) is 0.615. The summed E-state index contributed by atoms with van der Waals surface area (Å²) in [6.45, 7) is 4.32. The van der Waals surface area contributed by atoms with E-state index in [1.807, 2.05) is 36.4 Å². The molecular weight excluding hydrogens is 780 g/mol. The third kappa shape index (κ3) is 11.9. The van der Waals surface area contributed by atoms with Gasteiger partial charge in [-0.05, 0) is 83.4 Å². The summed E-state index contributed by atoms with van der Waals surface area (Å²) >= 11 is 5.81. The van der Waals surface area contributed by atoms with Crippen LogP contribution in [0.5, 0.6) is 0 Å².